The van der Waals surface area contributed by atoms with Crippen molar-refractivity contribution >= 4 is 11.6 Å². The molecule has 3 rings (SSSR count). The van der Waals surface area contributed by atoms with E-state index in [2.05, 4.69) is 10.1 Å². The van der Waals surface area contributed by atoms with Crippen LogP contribution in [0.3, 0.4) is 0 Å². The molecular weight excluding hydrogens is 318 g/mol. The number of pyridine rings is 1. The first kappa shape index (κ1) is 17.2. The summed E-state index contributed by atoms with van der Waals surface area (Å²) in [6.45, 7) is 5.43. The maximum absolute atomic E-state index is 13.0. The third kappa shape index (κ3) is 3.41. The molecule has 132 valence electrons. The molecule has 0 saturated carbocycles. The number of hydrogen-bond donors (Lipinski definition) is 0. The van der Waals surface area contributed by atoms with E-state index < -0.39 is 0 Å². The van der Waals surface area contributed by atoms with Crippen LogP contribution in [0.25, 0.3) is 5.65 Å². The Morgan fingerprint density at radius 2 is 2.12 bits per heavy atom. The number of hydrogen-bond acceptors (Lipinski definition) is 4. The number of imidazole rings is 1. The second-order valence-corrected chi connectivity index (χ2v) is 6.08. The Morgan fingerprint density at radius 1 is 1.32 bits per heavy atom. The minimum atomic E-state index is -0.108. The van der Waals surface area contributed by atoms with Crippen LogP contribution < -0.4 is 0 Å². The molecule has 3 heterocycles. The summed E-state index contributed by atoms with van der Waals surface area (Å²) in [6.07, 6.45) is 3.65. The zero-order chi connectivity index (χ0) is 18.0. The highest BCUT2D eigenvalue weighted by Crippen LogP contribution is 2.17. The van der Waals surface area contributed by atoms with E-state index in [0.717, 1.165) is 22.6 Å². The van der Waals surface area contributed by atoms with Gasteiger partial charge < -0.3 is 14.0 Å². The van der Waals surface area contributed by atoms with Crippen molar-refractivity contribution in [3.8, 4) is 0 Å². The molecule has 0 aliphatic heterocycles. The number of methoxy groups -OCH3 is 1. The maximum Gasteiger partial charge on any atom is 0.274 e. The summed E-state index contributed by atoms with van der Waals surface area (Å²) >= 11 is 0. The average molecular weight is 341 g/mol. The van der Waals surface area contributed by atoms with Gasteiger partial charge in [-0.15, -0.1) is 0 Å². The van der Waals surface area contributed by atoms with Crippen molar-refractivity contribution in [3.63, 3.8) is 0 Å². The number of nitrogens with zero attached hydrogens (tertiary/aromatic N) is 5. The highest BCUT2D eigenvalue weighted by molar-refractivity contribution is 5.93. The van der Waals surface area contributed by atoms with E-state index >= 15 is 0 Å². The summed E-state index contributed by atoms with van der Waals surface area (Å²) in [5.41, 5.74) is 4.25. The molecule has 25 heavy (non-hydrogen) atoms. The second-order valence-electron chi connectivity index (χ2n) is 6.08. The zero-order valence-corrected chi connectivity index (χ0v) is 15.1. The highest BCUT2D eigenvalue weighted by Gasteiger charge is 2.22. The minimum Gasteiger partial charge on any atom is -0.383 e. The smallest absolute Gasteiger partial charge is 0.274 e. The molecule has 0 bridgehead atoms. The van der Waals surface area contributed by atoms with E-state index in [1.54, 1.807) is 18.2 Å². The molecule has 3 aromatic heterocycles. The lowest BCUT2D eigenvalue weighted by Crippen LogP contribution is -2.34. The van der Waals surface area contributed by atoms with Crippen LogP contribution in [0.1, 0.15) is 27.4 Å². The van der Waals surface area contributed by atoms with Gasteiger partial charge in [0.2, 0.25) is 0 Å². The fourth-order valence-corrected chi connectivity index (χ4v) is 2.89. The third-order valence-corrected chi connectivity index (χ3v) is 4.44. The Kier molecular flexibility index (Phi) is 4.85. The summed E-state index contributed by atoms with van der Waals surface area (Å²) in [6, 6.07) is 5.70. The second kappa shape index (κ2) is 7.06. The summed E-state index contributed by atoms with van der Waals surface area (Å²) in [4.78, 5) is 19.2. The van der Waals surface area contributed by atoms with Crippen molar-refractivity contribution in [1.82, 2.24) is 24.1 Å². The van der Waals surface area contributed by atoms with E-state index in [1.165, 1.54) is 0 Å². The number of carbonyl (C=O) groups excluding carboxylic acids is 1. The van der Waals surface area contributed by atoms with Gasteiger partial charge in [-0.1, -0.05) is 6.07 Å². The summed E-state index contributed by atoms with van der Waals surface area (Å²) in [5, 5.41) is 4.44. The summed E-state index contributed by atoms with van der Waals surface area (Å²) in [5.74, 6) is -0.108. The van der Waals surface area contributed by atoms with Crippen LogP contribution in [-0.4, -0.2) is 50.2 Å². The van der Waals surface area contributed by atoms with Crippen molar-refractivity contribution in [3.05, 3.63) is 53.2 Å². The van der Waals surface area contributed by atoms with E-state index in [4.69, 9.17) is 4.74 Å². The van der Waals surface area contributed by atoms with Crippen molar-refractivity contribution in [2.45, 2.75) is 20.4 Å². The molecule has 0 aliphatic rings. The Bertz CT molecular complexity index is 863. The van der Waals surface area contributed by atoms with Crippen LogP contribution in [0.2, 0.25) is 0 Å². The van der Waals surface area contributed by atoms with Gasteiger partial charge in [-0.3, -0.25) is 9.48 Å². The van der Waals surface area contributed by atoms with Crippen LogP contribution >= 0.6 is 0 Å². The van der Waals surface area contributed by atoms with Gasteiger partial charge in [-0.2, -0.15) is 5.10 Å². The van der Waals surface area contributed by atoms with Crippen LogP contribution in [-0.2, 0) is 18.3 Å². The van der Waals surface area contributed by atoms with Crippen LogP contribution in [0, 0.1) is 13.8 Å². The predicted molar refractivity (Wildman–Crippen MR) is 94.5 cm³/mol. The largest absolute Gasteiger partial charge is 0.383 e. The first-order valence-corrected chi connectivity index (χ1v) is 8.22. The fraction of sp³-hybridized carbons (Fsp3) is 0.389. The lowest BCUT2D eigenvalue weighted by molar-refractivity contribution is 0.0674. The first-order valence-electron chi connectivity index (χ1n) is 8.22. The van der Waals surface area contributed by atoms with Crippen LogP contribution in [0.5, 0.6) is 0 Å². The molecule has 0 N–H and O–H groups in total. The molecule has 7 heteroatoms. The van der Waals surface area contributed by atoms with E-state index in [0.29, 0.717) is 25.4 Å². The predicted octanol–water partition coefficient (Wildman–Crippen LogP) is 1.97. The van der Waals surface area contributed by atoms with E-state index in [1.807, 2.05) is 54.4 Å². The standard InChI is InChI=1S/C18H23N5O2/c1-13-15(14(2)21(3)20-13)11-23(9-10-25-4)18(24)16-12-22-8-6-5-7-17(22)19-16/h5-8,12H,9-11H2,1-4H3. The number of aromatic nitrogens is 4. The quantitative estimate of drug-likeness (QED) is 0.688. The monoisotopic (exact) mass is 341 g/mol. The molecule has 0 radical (unpaired) electrons. The zero-order valence-electron chi connectivity index (χ0n) is 15.1. The Hall–Kier alpha value is -2.67. The first-order chi connectivity index (χ1) is 12.0. The van der Waals surface area contributed by atoms with Gasteiger partial charge in [0.05, 0.1) is 12.3 Å². The molecule has 0 aliphatic carbocycles. The molecule has 7 nitrogen and oxygen atoms in total. The van der Waals surface area contributed by atoms with Crippen molar-refractivity contribution in [2.24, 2.45) is 7.05 Å². The van der Waals surface area contributed by atoms with Gasteiger partial charge in [0.25, 0.3) is 5.91 Å². The van der Waals surface area contributed by atoms with E-state index in [-0.39, 0.29) is 5.91 Å². The number of carbonyl (C=O) groups is 1. The molecule has 0 fully saturated rings. The Labute approximate surface area is 146 Å². The van der Waals surface area contributed by atoms with Gasteiger partial charge >= 0.3 is 0 Å². The third-order valence-electron chi connectivity index (χ3n) is 4.44. The molecule has 0 saturated heterocycles. The van der Waals surface area contributed by atoms with Gasteiger partial charge in [0.15, 0.2) is 0 Å². The molecule has 0 unspecified atom stereocenters. The van der Waals surface area contributed by atoms with Gasteiger partial charge in [-0.05, 0) is 26.0 Å². The normalized spacial score (nSPS) is 11.2. The summed E-state index contributed by atoms with van der Waals surface area (Å²) < 4.78 is 8.87. The van der Waals surface area contributed by atoms with Crippen molar-refractivity contribution < 1.29 is 9.53 Å². The lowest BCUT2D eigenvalue weighted by Gasteiger charge is -2.21. The molecular formula is C18H23N5O2. The SMILES string of the molecule is COCCN(Cc1c(C)nn(C)c1C)C(=O)c1cn2ccccc2n1. The van der Waals surface area contributed by atoms with Gasteiger partial charge in [0, 0.05) is 50.9 Å². The lowest BCUT2D eigenvalue weighted by atomic mass is 10.1. The van der Waals surface area contributed by atoms with Gasteiger partial charge in [-0.25, -0.2) is 4.98 Å². The molecule has 3 aromatic rings. The summed E-state index contributed by atoms with van der Waals surface area (Å²) in [7, 11) is 3.55. The minimum absolute atomic E-state index is 0.108. The Balaban J connectivity index is 1.90. The number of fused-ring (bicyclic) bond motifs is 1. The number of rotatable bonds is 6. The maximum atomic E-state index is 13.0. The fourth-order valence-electron chi connectivity index (χ4n) is 2.89. The highest BCUT2D eigenvalue weighted by atomic mass is 16.5. The molecule has 0 aromatic carbocycles. The van der Waals surface area contributed by atoms with E-state index in [9.17, 15) is 4.79 Å². The number of amides is 1. The molecule has 0 spiro atoms. The molecule has 0 atom stereocenters. The van der Waals surface area contributed by atoms with Crippen LogP contribution in [0.4, 0.5) is 0 Å². The topological polar surface area (TPSA) is 64.7 Å². The average Bonchev–Trinajstić information content (AvgIpc) is 3.13. The number of ether oxygens (including phenoxy) is 1. The molecule has 1 amide bonds. The van der Waals surface area contributed by atoms with Crippen molar-refractivity contribution in [2.75, 3.05) is 20.3 Å². The van der Waals surface area contributed by atoms with Gasteiger partial charge in [0.1, 0.15) is 11.3 Å². The Morgan fingerprint density at radius 3 is 2.76 bits per heavy atom. The van der Waals surface area contributed by atoms with Crippen molar-refractivity contribution in [1.29, 1.82) is 0 Å². The number of aryl methyl sites for hydroxylation is 2. The van der Waals surface area contributed by atoms with Crippen LogP contribution in [0.15, 0.2) is 30.6 Å².